The number of rotatable bonds is 5. The molecule has 1 heterocycles. The molecule has 0 radical (unpaired) electrons. The van der Waals surface area contributed by atoms with E-state index >= 15 is 0 Å². The molecule has 0 aromatic heterocycles. The predicted molar refractivity (Wildman–Crippen MR) is 89.6 cm³/mol. The second-order valence-electron chi connectivity index (χ2n) is 7.59. The van der Waals surface area contributed by atoms with Crippen LogP contribution < -0.4 is 4.74 Å². The maximum atomic E-state index is 13.0. The van der Waals surface area contributed by atoms with E-state index < -0.39 is 0 Å². The van der Waals surface area contributed by atoms with Crippen LogP contribution in [0, 0.1) is 5.41 Å². The summed E-state index contributed by atoms with van der Waals surface area (Å²) >= 11 is 0. The highest BCUT2D eigenvalue weighted by Gasteiger charge is 2.51. The summed E-state index contributed by atoms with van der Waals surface area (Å²) in [5.41, 5.74) is 2.44. The van der Waals surface area contributed by atoms with Crippen LogP contribution in [-0.4, -0.2) is 38.2 Å². The summed E-state index contributed by atoms with van der Waals surface area (Å²) in [5, 5.41) is 0. The quantitative estimate of drug-likeness (QED) is 0.837. The number of fused-ring (bicyclic) bond motifs is 2. The smallest absolute Gasteiger partial charge is 0.228 e. The highest BCUT2D eigenvalue weighted by Crippen LogP contribution is 2.53. The minimum Gasteiger partial charge on any atom is -0.497 e. The lowest BCUT2D eigenvalue weighted by Gasteiger charge is -2.39. The highest BCUT2D eigenvalue weighted by molar-refractivity contribution is 5.82. The molecular formula is C19H27NO3. The van der Waals surface area contributed by atoms with Gasteiger partial charge in [0.1, 0.15) is 5.75 Å². The fraction of sp³-hybridized carbons (Fsp3) is 0.632. The Bertz CT molecular complexity index is 605. The SMILES string of the molecule is COCCC(C)(C)C(=O)N1Cc2ccc(OC)cc2C2(CC2)C1. The number of nitrogens with zero attached hydrogens (tertiary/aromatic N) is 1. The van der Waals surface area contributed by atoms with Crippen LogP contribution in [0.1, 0.15) is 44.2 Å². The van der Waals surface area contributed by atoms with Gasteiger partial charge in [0, 0.05) is 37.6 Å². The van der Waals surface area contributed by atoms with Gasteiger partial charge in [-0.3, -0.25) is 4.79 Å². The minimum atomic E-state index is -0.379. The van der Waals surface area contributed by atoms with Crippen molar-refractivity contribution in [2.24, 2.45) is 5.41 Å². The van der Waals surface area contributed by atoms with Crippen LogP contribution in [0.2, 0.25) is 0 Å². The molecule has 0 unspecified atom stereocenters. The van der Waals surface area contributed by atoms with Crippen LogP contribution >= 0.6 is 0 Å². The zero-order valence-electron chi connectivity index (χ0n) is 14.6. The van der Waals surface area contributed by atoms with Crippen molar-refractivity contribution < 1.29 is 14.3 Å². The topological polar surface area (TPSA) is 38.8 Å². The summed E-state index contributed by atoms with van der Waals surface area (Å²) in [5.74, 6) is 1.15. The lowest BCUT2D eigenvalue weighted by Crippen LogP contribution is -2.47. The summed E-state index contributed by atoms with van der Waals surface area (Å²) in [7, 11) is 3.39. The van der Waals surface area contributed by atoms with Gasteiger partial charge >= 0.3 is 0 Å². The monoisotopic (exact) mass is 317 g/mol. The molecule has 0 N–H and O–H groups in total. The van der Waals surface area contributed by atoms with Gasteiger partial charge in [-0.1, -0.05) is 19.9 Å². The molecule has 23 heavy (non-hydrogen) atoms. The molecule has 1 fully saturated rings. The van der Waals surface area contributed by atoms with Crippen LogP contribution in [0.4, 0.5) is 0 Å². The Morgan fingerprint density at radius 2 is 2.04 bits per heavy atom. The molecule has 0 bridgehead atoms. The third-order valence-corrected chi connectivity index (χ3v) is 5.39. The Morgan fingerprint density at radius 1 is 1.30 bits per heavy atom. The van der Waals surface area contributed by atoms with E-state index in [0.29, 0.717) is 13.2 Å². The van der Waals surface area contributed by atoms with Crippen molar-refractivity contribution in [3.63, 3.8) is 0 Å². The van der Waals surface area contributed by atoms with E-state index in [2.05, 4.69) is 17.0 Å². The second kappa shape index (κ2) is 5.82. The normalized spacial score (nSPS) is 18.7. The zero-order valence-corrected chi connectivity index (χ0v) is 14.6. The lowest BCUT2D eigenvalue weighted by atomic mass is 9.83. The van der Waals surface area contributed by atoms with E-state index in [-0.39, 0.29) is 16.7 Å². The number of hydrogen-bond donors (Lipinski definition) is 0. The number of hydrogen-bond acceptors (Lipinski definition) is 3. The predicted octanol–water partition coefficient (Wildman–Crippen LogP) is 3.13. The highest BCUT2D eigenvalue weighted by atomic mass is 16.5. The summed E-state index contributed by atoms with van der Waals surface area (Å²) in [6.07, 6.45) is 3.08. The van der Waals surface area contributed by atoms with E-state index in [1.54, 1.807) is 14.2 Å². The van der Waals surface area contributed by atoms with Gasteiger partial charge < -0.3 is 14.4 Å². The first-order valence-corrected chi connectivity index (χ1v) is 8.38. The van der Waals surface area contributed by atoms with Crippen LogP contribution in [-0.2, 0) is 21.5 Å². The van der Waals surface area contributed by atoms with Gasteiger partial charge in [0.2, 0.25) is 5.91 Å². The van der Waals surface area contributed by atoms with E-state index in [1.165, 1.54) is 11.1 Å². The van der Waals surface area contributed by atoms with Crippen LogP contribution in [0.3, 0.4) is 0 Å². The maximum Gasteiger partial charge on any atom is 0.228 e. The van der Waals surface area contributed by atoms with Gasteiger partial charge in [0.25, 0.3) is 0 Å². The summed E-state index contributed by atoms with van der Waals surface area (Å²) in [4.78, 5) is 15.1. The standard InChI is InChI=1S/C19H27NO3/c1-18(2,9-10-22-3)17(21)20-12-14-5-6-15(23-4)11-16(14)19(13-20)7-8-19/h5-6,11H,7-10,12-13H2,1-4H3. The van der Waals surface area contributed by atoms with Crippen molar-refractivity contribution in [3.8, 4) is 5.75 Å². The van der Waals surface area contributed by atoms with E-state index in [9.17, 15) is 4.79 Å². The Morgan fingerprint density at radius 3 is 2.65 bits per heavy atom. The van der Waals surface area contributed by atoms with E-state index in [1.807, 2.05) is 19.9 Å². The van der Waals surface area contributed by atoms with Gasteiger partial charge in [0.05, 0.1) is 7.11 Å². The first-order valence-electron chi connectivity index (χ1n) is 8.38. The average Bonchev–Trinajstić information content (AvgIpc) is 3.32. The molecular weight excluding hydrogens is 290 g/mol. The Balaban J connectivity index is 1.83. The van der Waals surface area contributed by atoms with Crippen LogP contribution in [0.15, 0.2) is 18.2 Å². The zero-order chi connectivity index (χ0) is 16.7. The van der Waals surface area contributed by atoms with E-state index in [0.717, 1.165) is 31.6 Å². The van der Waals surface area contributed by atoms with Gasteiger partial charge in [-0.05, 0) is 42.5 Å². The van der Waals surface area contributed by atoms with E-state index in [4.69, 9.17) is 9.47 Å². The largest absolute Gasteiger partial charge is 0.497 e. The number of ether oxygens (including phenoxy) is 2. The third kappa shape index (κ3) is 2.97. The van der Waals surface area contributed by atoms with Crippen molar-refractivity contribution in [2.75, 3.05) is 27.4 Å². The van der Waals surface area contributed by atoms with Crippen LogP contribution in [0.5, 0.6) is 5.75 Å². The number of carbonyl (C=O) groups excluding carboxylic acids is 1. The molecule has 4 nitrogen and oxygen atoms in total. The Hall–Kier alpha value is -1.55. The first kappa shape index (κ1) is 16.3. The fourth-order valence-electron chi connectivity index (χ4n) is 3.64. The van der Waals surface area contributed by atoms with Crippen LogP contribution in [0.25, 0.3) is 0 Å². The van der Waals surface area contributed by atoms with Crippen molar-refractivity contribution in [1.82, 2.24) is 4.90 Å². The summed E-state index contributed by atoms with van der Waals surface area (Å²) in [6.45, 7) is 6.21. The fourth-order valence-corrected chi connectivity index (χ4v) is 3.64. The molecule has 3 rings (SSSR count). The molecule has 0 atom stereocenters. The molecule has 4 heteroatoms. The third-order valence-electron chi connectivity index (χ3n) is 5.39. The molecule has 1 aromatic carbocycles. The summed E-state index contributed by atoms with van der Waals surface area (Å²) in [6, 6.07) is 6.29. The van der Waals surface area contributed by atoms with Crippen molar-refractivity contribution >= 4 is 5.91 Å². The van der Waals surface area contributed by atoms with Gasteiger partial charge in [-0.15, -0.1) is 0 Å². The molecule has 1 aliphatic carbocycles. The van der Waals surface area contributed by atoms with Crippen molar-refractivity contribution in [2.45, 2.75) is 45.1 Å². The van der Waals surface area contributed by atoms with Gasteiger partial charge in [-0.2, -0.15) is 0 Å². The van der Waals surface area contributed by atoms with Gasteiger partial charge in [-0.25, -0.2) is 0 Å². The first-order chi connectivity index (χ1) is 10.9. The Labute approximate surface area is 138 Å². The summed E-state index contributed by atoms with van der Waals surface area (Å²) < 4.78 is 10.5. The number of carbonyl (C=O) groups is 1. The molecule has 0 saturated heterocycles. The molecule has 1 aliphatic heterocycles. The Kier molecular flexibility index (Phi) is 4.13. The molecule has 1 aromatic rings. The number of benzene rings is 1. The lowest BCUT2D eigenvalue weighted by molar-refractivity contribution is -0.143. The number of methoxy groups -OCH3 is 2. The molecule has 126 valence electrons. The van der Waals surface area contributed by atoms with Crippen molar-refractivity contribution in [1.29, 1.82) is 0 Å². The molecule has 1 amide bonds. The maximum absolute atomic E-state index is 13.0. The molecule has 1 spiro atoms. The molecule has 2 aliphatic rings. The number of amides is 1. The molecule has 1 saturated carbocycles. The minimum absolute atomic E-state index is 0.162. The van der Waals surface area contributed by atoms with Crippen molar-refractivity contribution in [3.05, 3.63) is 29.3 Å². The average molecular weight is 317 g/mol. The van der Waals surface area contributed by atoms with Gasteiger partial charge in [0.15, 0.2) is 0 Å². The second-order valence-corrected chi connectivity index (χ2v) is 7.59.